The molecular formula is C71H105N3O8. The van der Waals surface area contributed by atoms with Crippen molar-refractivity contribution in [2.75, 3.05) is 32.5 Å². The largest absolute Gasteiger partial charge is 0.508 e. The SMILES string of the molecule is CNCc1cc(O)cc([C@@H]2C[C@@]3(C4CCCC4)[C@H]4CCC5=C6C(=O)C[C@]5(C)[C@]4(C[C@@H]4NC[C@](C)(O)CCCC[C@@](C)(C2=O)[C@H]43)[C@H](CO)CC[C@@H]2CC[C@H](CO)C[C@@H]2[C@@H]6C[C@@H](O)[C@H]2O[C@]2(C)[C@H]2CCC[C@@H]2c2cc(N)cc(CC(C)C)c2)c1. The lowest BCUT2D eigenvalue weighted by Crippen LogP contribution is -2.74. The third-order valence-corrected chi connectivity index (χ3v) is 26.0. The highest BCUT2D eigenvalue weighted by Crippen LogP contribution is 2.80. The number of epoxide rings is 1. The molecule has 2 aromatic carbocycles. The van der Waals surface area contributed by atoms with E-state index < -0.39 is 39.5 Å². The number of carbonyl (C=O) groups is 2. The summed E-state index contributed by atoms with van der Waals surface area (Å²) >= 11 is 0. The number of fused-ring (bicyclic) bond motifs is 2. The van der Waals surface area contributed by atoms with Crippen LogP contribution in [0.25, 0.3) is 0 Å². The highest BCUT2D eigenvalue weighted by molar-refractivity contribution is 6.01. The third kappa shape index (κ3) is 9.67. The minimum atomic E-state index is -0.946. The third-order valence-electron chi connectivity index (χ3n) is 26.0. The lowest BCUT2D eigenvalue weighted by Gasteiger charge is -2.75. The molecule has 2 heterocycles. The Kier molecular flexibility index (Phi) is 16.0. The minimum Gasteiger partial charge on any atom is -0.508 e. The van der Waals surface area contributed by atoms with Crippen molar-refractivity contribution in [3.63, 3.8) is 0 Å². The number of rotatable bonds is 13. The van der Waals surface area contributed by atoms with E-state index in [-0.39, 0.29) is 95.6 Å². The highest BCUT2D eigenvalue weighted by atomic mass is 16.6. The van der Waals surface area contributed by atoms with Crippen molar-refractivity contribution in [3.05, 3.63) is 69.8 Å². The van der Waals surface area contributed by atoms with Crippen molar-refractivity contribution in [2.45, 2.75) is 237 Å². The molecule has 1 spiro atoms. The summed E-state index contributed by atoms with van der Waals surface area (Å²) in [6.07, 6.45) is 18.8. The number of nitrogens with one attached hydrogen (secondary N) is 2. The van der Waals surface area contributed by atoms with Crippen LogP contribution in [0.4, 0.5) is 5.69 Å². The summed E-state index contributed by atoms with van der Waals surface area (Å²) in [5, 5.41) is 67.8. The van der Waals surface area contributed by atoms with Crippen LogP contribution in [0.15, 0.2) is 47.5 Å². The zero-order valence-corrected chi connectivity index (χ0v) is 51.3. The number of nitrogen functional groups attached to an aromatic ring is 1. The number of aliphatic hydroxyl groups is 4. The minimum absolute atomic E-state index is 0.0193. The fraction of sp³-hybridized carbons (Fsp3) is 0.775. The standard InChI is InChI=1S/C71H105N3O8/c1-41(2)25-43-26-46(31-50(72)28-43)52-15-12-16-56(52)69(6)65(82-69)59(78)33-54-53-30-42(38-75)17-18-45(53)19-20-49(39-76)71-35-58-63-67(4,24-11-10-23-66(3,81)40-74-58)64(80)55(47-27-44(37-73-7)29-51(77)32-47)34-70(63,48-13-8-9-14-48)61(71)22-21-57-62(54)60(79)36-68(57,71)5/h26-29,31-32,41-42,45,48-49,52-56,58-59,61,63,65,73-78,81H,8-25,30,33-40,72H2,1-7H3/t42-,45-,49-,52+,53-,54-,55-,56-,58-,59+,61+,63-,65+,66+,67+,68-,69+,70+,71+/m0/s1. The van der Waals surface area contributed by atoms with Gasteiger partial charge in [0.2, 0.25) is 0 Å². The van der Waals surface area contributed by atoms with Gasteiger partial charge in [-0.05, 0) is 258 Å². The number of allylic oxidation sites excluding steroid dienone is 2. The molecule has 82 heavy (non-hydrogen) atoms. The first-order chi connectivity index (χ1) is 39.1. The number of hydrogen-bond acceptors (Lipinski definition) is 11. The van der Waals surface area contributed by atoms with Gasteiger partial charge in [0.25, 0.3) is 0 Å². The van der Waals surface area contributed by atoms with Gasteiger partial charge in [-0.25, -0.2) is 0 Å². The van der Waals surface area contributed by atoms with Gasteiger partial charge >= 0.3 is 0 Å². The molecule has 0 amide bonds. The first-order valence-corrected chi connectivity index (χ1v) is 33.4. The summed E-state index contributed by atoms with van der Waals surface area (Å²) < 4.78 is 6.92. The first kappa shape index (κ1) is 59.2. The van der Waals surface area contributed by atoms with Crippen molar-refractivity contribution >= 4 is 17.3 Å². The van der Waals surface area contributed by atoms with Gasteiger partial charge in [-0.2, -0.15) is 0 Å². The summed E-state index contributed by atoms with van der Waals surface area (Å²) in [4.78, 5) is 32.4. The number of ketones is 2. The van der Waals surface area contributed by atoms with E-state index in [0.29, 0.717) is 56.4 Å². The molecule has 12 rings (SSSR count). The number of hydrogen-bond donors (Lipinski definition) is 8. The van der Waals surface area contributed by atoms with E-state index in [1.807, 2.05) is 26.1 Å². The van der Waals surface area contributed by atoms with Gasteiger partial charge in [0.1, 0.15) is 17.6 Å². The van der Waals surface area contributed by atoms with Crippen LogP contribution in [0.1, 0.15) is 217 Å². The number of ether oxygens (including phenoxy) is 1. The van der Waals surface area contributed by atoms with Gasteiger partial charge in [-0.1, -0.05) is 77.5 Å². The first-order valence-electron chi connectivity index (χ1n) is 33.4. The molecule has 0 unspecified atom stereocenters. The fourth-order valence-electron chi connectivity index (χ4n) is 22.9. The van der Waals surface area contributed by atoms with Crippen LogP contribution in [0.3, 0.4) is 0 Å². The Balaban J connectivity index is 0.993. The average Bonchev–Trinajstić information content (AvgIpc) is 1.06. The molecule has 9 N–H and O–H groups in total. The number of β-amino-alcohol motifs (C(OH)–C–C–N with tert-alkyl or cyclic N) is 1. The van der Waals surface area contributed by atoms with E-state index in [4.69, 9.17) is 10.5 Å². The van der Waals surface area contributed by atoms with Crippen molar-refractivity contribution < 1.29 is 39.9 Å². The summed E-state index contributed by atoms with van der Waals surface area (Å²) in [5.74, 6) is 1.86. The fourth-order valence-corrected chi connectivity index (χ4v) is 22.9. The molecule has 6 saturated carbocycles. The van der Waals surface area contributed by atoms with Gasteiger partial charge in [0, 0.05) is 61.2 Å². The molecule has 10 aliphatic rings. The van der Waals surface area contributed by atoms with E-state index >= 15 is 9.59 Å². The van der Waals surface area contributed by atoms with E-state index in [0.717, 1.165) is 144 Å². The zero-order valence-electron chi connectivity index (χ0n) is 51.3. The van der Waals surface area contributed by atoms with Gasteiger partial charge in [0.05, 0.1) is 17.3 Å². The van der Waals surface area contributed by atoms with Crippen LogP contribution < -0.4 is 16.4 Å². The van der Waals surface area contributed by atoms with Crippen LogP contribution in [0.2, 0.25) is 0 Å². The second-order valence-electron chi connectivity index (χ2n) is 31.0. The van der Waals surface area contributed by atoms with E-state index in [1.54, 1.807) is 0 Å². The molecule has 11 nitrogen and oxygen atoms in total. The van der Waals surface area contributed by atoms with Gasteiger partial charge < -0.3 is 46.6 Å². The Morgan fingerprint density at radius 1 is 0.829 bits per heavy atom. The molecule has 2 saturated heterocycles. The summed E-state index contributed by atoms with van der Waals surface area (Å²) in [6, 6.07) is 12.4. The molecule has 0 radical (unpaired) electrons. The summed E-state index contributed by atoms with van der Waals surface area (Å²) in [7, 11) is 1.92. The van der Waals surface area contributed by atoms with Crippen LogP contribution in [-0.2, 0) is 27.3 Å². The number of phenols is 1. The van der Waals surface area contributed by atoms with Crippen molar-refractivity contribution in [1.29, 1.82) is 0 Å². The van der Waals surface area contributed by atoms with Crippen LogP contribution in [-0.4, -0.2) is 93.4 Å². The maximum absolute atomic E-state index is 16.2. The highest BCUT2D eigenvalue weighted by Gasteiger charge is 2.77. The number of phenolic OH excluding ortho intramolecular Hbond substituents is 1. The second kappa shape index (κ2) is 22.2. The van der Waals surface area contributed by atoms with Gasteiger partial charge in [-0.3, -0.25) is 9.59 Å². The molecule has 0 aromatic heterocycles. The Labute approximate surface area is 491 Å². The Morgan fingerprint density at radius 2 is 1.59 bits per heavy atom. The molecular weight excluding hydrogens is 1020 g/mol. The van der Waals surface area contributed by atoms with Crippen molar-refractivity contribution in [1.82, 2.24) is 10.6 Å². The maximum Gasteiger partial charge on any atom is 0.160 e. The Morgan fingerprint density at radius 3 is 2.33 bits per heavy atom. The summed E-state index contributed by atoms with van der Waals surface area (Å²) in [6.45, 7) is 14.6. The Hall–Kier alpha value is -3.16. The van der Waals surface area contributed by atoms with Crippen LogP contribution in [0.5, 0.6) is 5.75 Å². The second-order valence-corrected chi connectivity index (χ2v) is 31.0. The van der Waals surface area contributed by atoms with Gasteiger partial charge in [0.15, 0.2) is 5.78 Å². The van der Waals surface area contributed by atoms with Gasteiger partial charge in [-0.15, -0.1) is 0 Å². The molecule has 2 aromatic rings. The lowest BCUT2D eigenvalue weighted by atomic mass is 9.29. The molecule has 4 bridgehead atoms. The Bertz CT molecular complexity index is 2750. The molecule has 8 aliphatic carbocycles. The predicted molar refractivity (Wildman–Crippen MR) is 323 cm³/mol. The normalized spacial score (nSPS) is 43.6. The number of carbonyl (C=O) groups excluding carboxylic acids is 2. The number of anilines is 1. The topological polar surface area (TPSA) is 198 Å². The summed E-state index contributed by atoms with van der Waals surface area (Å²) in [5.41, 5.74) is 10.4. The number of nitrogens with two attached hydrogens (primary N) is 1. The van der Waals surface area contributed by atoms with E-state index in [1.165, 1.54) is 16.7 Å². The van der Waals surface area contributed by atoms with E-state index in [9.17, 15) is 25.5 Å². The zero-order chi connectivity index (χ0) is 57.9. The number of aliphatic hydroxyl groups excluding tert-OH is 3. The molecule has 2 aliphatic heterocycles. The monoisotopic (exact) mass is 1130 g/mol. The maximum atomic E-state index is 16.2. The van der Waals surface area contributed by atoms with Crippen LogP contribution >= 0.6 is 0 Å². The van der Waals surface area contributed by atoms with Crippen LogP contribution in [0, 0.1) is 80.8 Å². The average molecular weight is 1130 g/mol. The van der Waals surface area contributed by atoms with Crippen molar-refractivity contribution in [2.24, 2.45) is 80.8 Å². The number of aromatic hydroxyl groups is 1. The van der Waals surface area contributed by atoms with E-state index in [2.05, 4.69) is 69.5 Å². The molecule has 19 atom stereocenters. The quantitative estimate of drug-likeness (QED) is 0.0702. The molecule has 452 valence electrons. The number of benzene rings is 2. The molecule has 8 fully saturated rings. The number of Topliss-reactive ketones (excluding diaryl/α,β-unsaturated/α-hetero) is 2. The van der Waals surface area contributed by atoms with Crippen molar-refractivity contribution in [3.8, 4) is 5.75 Å². The molecule has 11 heteroatoms. The lowest BCUT2D eigenvalue weighted by molar-refractivity contribution is -0.247. The predicted octanol–water partition coefficient (Wildman–Crippen LogP) is 11.6. The smallest absolute Gasteiger partial charge is 0.160 e.